The maximum atomic E-state index is 11.6. The lowest BCUT2D eigenvalue weighted by Crippen LogP contribution is -2.21. The van der Waals surface area contributed by atoms with Gasteiger partial charge in [-0.05, 0) is 50.2 Å². The number of nitrogens with two attached hydrogens (primary N) is 1. The Hall–Kier alpha value is -2.24. The Labute approximate surface area is 155 Å². The van der Waals surface area contributed by atoms with Gasteiger partial charge >= 0.3 is 0 Å². The highest BCUT2D eigenvalue weighted by atomic mass is 35.5. The highest BCUT2D eigenvalue weighted by Gasteiger charge is 2.18. The quantitative estimate of drug-likeness (QED) is 0.702. The fraction of sp³-hybridized carbons (Fsp3) is 0.222. The number of furan rings is 1. The first-order chi connectivity index (χ1) is 11.8. The summed E-state index contributed by atoms with van der Waals surface area (Å²) in [6.07, 6.45) is 0.572. The third-order valence-corrected chi connectivity index (χ3v) is 4.63. The summed E-state index contributed by atoms with van der Waals surface area (Å²) in [7, 11) is 0. The fourth-order valence-electron chi connectivity index (χ4n) is 2.71. The predicted octanol–water partition coefficient (Wildman–Crippen LogP) is 4.66. The molecular weight excluding hydrogens is 361 g/mol. The number of benzene rings is 1. The van der Waals surface area contributed by atoms with Crippen LogP contribution in [0, 0.1) is 6.92 Å². The molecule has 1 amide bonds. The first kappa shape index (κ1) is 17.6. The summed E-state index contributed by atoms with van der Waals surface area (Å²) in [5.74, 6) is 0.980. The molecule has 0 fully saturated rings. The third-order valence-electron chi connectivity index (χ3n) is 3.89. The van der Waals surface area contributed by atoms with Crippen molar-refractivity contribution in [2.45, 2.75) is 26.3 Å². The van der Waals surface area contributed by atoms with Crippen LogP contribution in [0.4, 0.5) is 0 Å². The number of primary amides is 1. The maximum absolute atomic E-state index is 11.6. The Morgan fingerprint density at radius 1 is 1.24 bits per heavy atom. The van der Waals surface area contributed by atoms with E-state index in [4.69, 9.17) is 33.4 Å². The molecule has 3 rings (SSSR count). The number of rotatable bonds is 5. The van der Waals surface area contributed by atoms with Crippen LogP contribution in [0.2, 0.25) is 10.0 Å². The minimum atomic E-state index is -0.497. The lowest BCUT2D eigenvalue weighted by molar-refractivity contribution is 0.0987. The van der Waals surface area contributed by atoms with Crippen molar-refractivity contribution in [3.63, 3.8) is 0 Å². The summed E-state index contributed by atoms with van der Waals surface area (Å²) in [5.41, 5.74) is 7.40. The molecule has 0 saturated carbocycles. The molecule has 0 aliphatic carbocycles. The van der Waals surface area contributed by atoms with Crippen molar-refractivity contribution in [1.29, 1.82) is 0 Å². The van der Waals surface area contributed by atoms with Gasteiger partial charge in [-0.25, -0.2) is 0 Å². The molecule has 7 heteroatoms. The fourth-order valence-corrected chi connectivity index (χ4v) is 3.00. The van der Waals surface area contributed by atoms with Gasteiger partial charge in [0.1, 0.15) is 17.2 Å². The van der Waals surface area contributed by atoms with Crippen LogP contribution in [-0.2, 0) is 6.42 Å². The zero-order valence-corrected chi connectivity index (χ0v) is 15.3. The number of halogens is 2. The average molecular weight is 378 g/mol. The van der Waals surface area contributed by atoms with Crippen molar-refractivity contribution in [2.24, 2.45) is 5.73 Å². The van der Waals surface area contributed by atoms with E-state index in [1.54, 1.807) is 22.9 Å². The first-order valence-corrected chi connectivity index (χ1v) is 8.51. The monoisotopic (exact) mass is 377 g/mol. The van der Waals surface area contributed by atoms with Gasteiger partial charge in [0.15, 0.2) is 0 Å². The van der Waals surface area contributed by atoms with Crippen molar-refractivity contribution in [1.82, 2.24) is 9.78 Å². The summed E-state index contributed by atoms with van der Waals surface area (Å²) in [6.45, 7) is 3.78. The average Bonchev–Trinajstić information content (AvgIpc) is 3.16. The van der Waals surface area contributed by atoms with E-state index in [1.807, 2.05) is 32.0 Å². The molecule has 0 saturated heterocycles. The summed E-state index contributed by atoms with van der Waals surface area (Å²) in [6, 6.07) is 10.7. The van der Waals surface area contributed by atoms with Gasteiger partial charge in [-0.1, -0.05) is 23.2 Å². The Kier molecular flexibility index (Phi) is 4.88. The van der Waals surface area contributed by atoms with Gasteiger partial charge in [0, 0.05) is 12.0 Å². The number of aryl methyl sites for hydroxylation is 1. The molecule has 0 aliphatic rings. The van der Waals surface area contributed by atoms with Gasteiger partial charge < -0.3 is 10.2 Å². The highest BCUT2D eigenvalue weighted by Crippen LogP contribution is 2.30. The number of amides is 1. The topological polar surface area (TPSA) is 74.1 Å². The molecule has 130 valence electrons. The molecule has 2 aromatic heterocycles. The molecule has 5 nitrogen and oxygen atoms in total. The molecule has 1 aromatic carbocycles. The molecule has 1 unspecified atom stereocenters. The Bertz CT molecular complexity index is 930. The lowest BCUT2D eigenvalue weighted by Gasteiger charge is -2.13. The first-order valence-electron chi connectivity index (χ1n) is 7.75. The van der Waals surface area contributed by atoms with Crippen LogP contribution in [0.5, 0.6) is 0 Å². The van der Waals surface area contributed by atoms with Crippen molar-refractivity contribution < 1.29 is 9.21 Å². The molecule has 0 radical (unpaired) electrons. The van der Waals surface area contributed by atoms with Gasteiger partial charge in [-0.15, -0.1) is 0 Å². The van der Waals surface area contributed by atoms with E-state index in [0.717, 1.165) is 17.0 Å². The second-order valence-electron chi connectivity index (χ2n) is 5.93. The molecule has 0 aliphatic heterocycles. The van der Waals surface area contributed by atoms with E-state index in [9.17, 15) is 4.79 Å². The number of nitrogens with zero attached hydrogens (tertiary/aromatic N) is 2. The van der Waals surface area contributed by atoms with Crippen molar-refractivity contribution in [3.8, 4) is 11.3 Å². The van der Waals surface area contributed by atoms with E-state index in [-0.39, 0.29) is 6.04 Å². The molecule has 1 atom stereocenters. The molecular formula is C18H17Cl2N3O2. The largest absolute Gasteiger partial charge is 0.461 e. The summed E-state index contributed by atoms with van der Waals surface area (Å²) in [5, 5.41) is 5.33. The molecule has 3 aromatic rings. The second-order valence-corrected chi connectivity index (χ2v) is 6.74. The van der Waals surface area contributed by atoms with Crippen molar-refractivity contribution >= 4 is 29.1 Å². The van der Waals surface area contributed by atoms with E-state index < -0.39 is 5.91 Å². The van der Waals surface area contributed by atoms with Crippen molar-refractivity contribution in [2.75, 3.05) is 0 Å². The normalized spacial score (nSPS) is 12.3. The second kappa shape index (κ2) is 6.94. The highest BCUT2D eigenvalue weighted by molar-refractivity contribution is 6.42. The van der Waals surface area contributed by atoms with Crippen LogP contribution in [-0.4, -0.2) is 15.7 Å². The Morgan fingerprint density at radius 2 is 2.00 bits per heavy atom. The zero-order chi connectivity index (χ0) is 18.1. The predicted molar refractivity (Wildman–Crippen MR) is 98.1 cm³/mol. The Morgan fingerprint density at radius 3 is 2.68 bits per heavy atom. The van der Waals surface area contributed by atoms with Crippen LogP contribution >= 0.6 is 23.2 Å². The van der Waals surface area contributed by atoms with E-state index in [2.05, 4.69) is 5.10 Å². The summed E-state index contributed by atoms with van der Waals surface area (Å²) < 4.78 is 7.54. The smallest absolute Gasteiger partial charge is 0.266 e. The SMILES string of the molecule is Cc1cc(C(N)=O)n(C(C)Cc2ccc(-c3ccc(Cl)c(Cl)c3)o2)n1. The van der Waals surface area contributed by atoms with Gasteiger partial charge in [0.05, 0.1) is 21.8 Å². The molecule has 2 N–H and O–H groups in total. The summed E-state index contributed by atoms with van der Waals surface area (Å²) in [4.78, 5) is 11.6. The van der Waals surface area contributed by atoms with Crippen LogP contribution in [0.25, 0.3) is 11.3 Å². The van der Waals surface area contributed by atoms with E-state index in [0.29, 0.717) is 27.9 Å². The molecule has 0 spiro atoms. The van der Waals surface area contributed by atoms with Gasteiger partial charge in [0.25, 0.3) is 5.91 Å². The number of aromatic nitrogens is 2. The zero-order valence-electron chi connectivity index (χ0n) is 13.8. The lowest BCUT2D eigenvalue weighted by atomic mass is 10.2. The van der Waals surface area contributed by atoms with Crippen LogP contribution in [0.15, 0.2) is 40.8 Å². The van der Waals surface area contributed by atoms with Crippen LogP contribution in [0.3, 0.4) is 0 Å². The van der Waals surface area contributed by atoms with E-state index in [1.165, 1.54) is 0 Å². The van der Waals surface area contributed by atoms with Gasteiger partial charge in [-0.2, -0.15) is 5.10 Å². The number of hydrogen-bond donors (Lipinski definition) is 1. The summed E-state index contributed by atoms with van der Waals surface area (Å²) >= 11 is 12.0. The number of carbonyl (C=O) groups excluding carboxylic acids is 1. The standard InChI is InChI=1S/C18H17Cl2N3O2/c1-10-7-16(18(21)24)23(22-10)11(2)8-13-4-6-17(25-13)12-3-5-14(19)15(20)9-12/h3-7,9,11H,8H2,1-2H3,(H2,21,24). The molecule has 25 heavy (non-hydrogen) atoms. The van der Waals surface area contributed by atoms with Gasteiger partial charge in [0.2, 0.25) is 0 Å². The van der Waals surface area contributed by atoms with Crippen LogP contribution < -0.4 is 5.73 Å². The molecule has 2 heterocycles. The minimum Gasteiger partial charge on any atom is -0.461 e. The maximum Gasteiger partial charge on any atom is 0.266 e. The van der Waals surface area contributed by atoms with Crippen molar-refractivity contribution in [3.05, 3.63) is 63.6 Å². The third kappa shape index (κ3) is 3.72. The van der Waals surface area contributed by atoms with Gasteiger partial charge in [-0.3, -0.25) is 9.48 Å². The molecule has 0 bridgehead atoms. The minimum absolute atomic E-state index is 0.0796. The van der Waals surface area contributed by atoms with Crippen LogP contribution in [0.1, 0.15) is 34.9 Å². The van der Waals surface area contributed by atoms with E-state index >= 15 is 0 Å². The Balaban J connectivity index is 1.81. The number of carbonyl (C=O) groups is 1. The number of hydrogen-bond acceptors (Lipinski definition) is 3.